The molecule has 1 aromatic rings. The second kappa shape index (κ2) is 6.64. The van der Waals surface area contributed by atoms with Crippen molar-refractivity contribution >= 4 is 17.6 Å². The second-order valence-electron chi connectivity index (χ2n) is 3.84. The summed E-state index contributed by atoms with van der Waals surface area (Å²) in [5, 5.41) is 12.0. The minimum atomic E-state index is -1.07. The molecule has 0 spiro atoms. The van der Waals surface area contributed by atoms with Crippen LogP contribution in [0.5, 0.6) is 0 Å². The Morgan fingerprint density at radius 3 is 2.67 bits per heavy atom. The van der Waals surface area contributed by atoms with E-state index in [9.17, 15) is 9.59 Å². The van der Waals surface area contributed by atoms with Crippen molar-refractivity contribution in [2.24, 2.45) is 0 Å². The molecule has 0 radical (unpaired) electrons. The molecule has 0 aromatic heterocycles. The fourth-order valence-corrected chi connectivity index (χ4v) is 1.51. The zero-order valence-corrected chi connectivity index (χ0v) is 10.5. The molecule has 0 fully saturated rings. The van der Waals surface area contributed by atoms with Gasteiger partial charge in [0, 0.05) is 12.2 Å². The summed E-state index contributed by atoms with van der Waals surface area (Å²) in [5.74, 6) is -1.61. The first-order valence-electron chi connectivity index (χ1n) is 5.79. The topological polar surface area (TPSA) is 75.6 Å². The van der Waals surface area contributed by atoms with Crippen molar-refractivity contribution in [2.75, 3.05) is 19.0 Å². The number of hydrogen-bond acceptors (Lipinski definition) is 4. The van der Waals surface area contributed by atoms with Gasteiger partial charge < -0.3 is 15.2 Å². The molecule has 0 amide bonds. The maximum atomic E-state index is 11.6. The summed E-state index contributed by atoms with van der Waals surface area (Å²) in [6, 6.07) is 4.37. The lowest BCUT2D eigenvalue weighted by atomic mass is 10.1. The molecule has 0 saturated heterocycles. The third kappa shape index (κ3) is 3.48. The minimum Gasteiger partial charge on any atom is -0.478 e. The molecule has 1 rings (SSSR count). The number of aromatic carboxylic acids is 1. The summed E-state index contributed by atoms with van der Waals surface area (Å²) >= 11 is 0. The van der Waals surface area contributed by atoms with Crippen LogP contribution < -0.4 is 5.32 Å². The zero-order chi connectivity index (χ0) is 13.5. The van der Waals surface area contributed by atoms with Crippen LogP contribution in [-0.4, -0.2) is 30.7 Å². The third-order valence-electron chi connectivity index (χ3n) is 2.52. The molecular weight excluding hydrogens is 234 g/mol. The lowest BCUT2D eigenvalue weighted by Gasteiger charge is -2.11. The van der Waals surface area contributed by atoms with E-state index in [4.69, 9.17) is 5.11 Å². The second-order valence-corrected chi connectivity index (χ2v) is 3.84. The van der Waals surface area contributed by atoms with Gasteiger partial charge in [0.25, 0.3) is 0 Å². The molecule has 18 heavy (non-hydrogen) atoms. The Kier molecular flexibility index (Phi) is 5.17. The first kappa shape index (κ1) is 14.0. The van der Waals surface area contributed by atoms with Crippen molar-refractivity contribution in [1.29, 1.82) is 0 Å². The number of esters is 1. The number of carboxylic acid groups (broad SMARTS) is 1. The van der Waals surface area contributed by atoms with E-state index in [-0.39, 0.29) is 11.1 Å². The summed E-state index contributed by atoms with van der Waals surface area (Å²) in [6.07, 6.45) is 2.01. The number of methoxy groups -OCH3 is 1. The van der Waals surface area contributed by atoms with Crippen LogP contribution in [0.15, 0.2) is 18.2 Å². The van der Waals surface area contributed by atoms with Crippen LogP contribution in [0.3, 0.4) is 0 Å². The van der Waals surface area contributed by atoms with Gasteiger partial charge >= 0.3 is 11.9 Å². The van der Waals surface area contributed by atoms with Gasteiger partial charge in [-0.2, -0.15) is 0 Å². The van der Waals surface area contributed by atoms with Gasteiger partial charge in [0.05, 0.1) is 18.2 Å². The SMILES string of the molecule is CCCCNc1ccc(C(=O)O)cc1C(=O)OC. The molecule has 98 valence electrons. The predicted octanol–water partition coefficient (Wildman–Crippen LogP) is 2.38. The van der Waals surface area contributed by atoms with Crippen LogP contribution in [0, 0.1) is 0 Å². The number of unbranched alkanes of at least 4 members (excludes halogenated alkanes) is 1. The van der Waals surface area contributed by atoms with Crippen LogP contribution >= 0.6 is 0 Å². The smallest absolute Gasteiger partial charge is 0.339 e. The molecule has 1 aromatic carbocycles. The summed E-state index contributed by atoms with van der Waals surface area (Å²) in [7, 11) is 1.27. The molecule has 5 nitrogen and oxygen atoms in total. The molecule has 0 heterocycles. The van der Waals surface area contributed by atoms with Crippen molar-refractivity contribution in [3.8, 4) is 0 Å². The van der Waals surface area contributed by atoms with E-state index in [2.05, 4.69) is 17.0 Å². The summed E-state index contributed by atoms with van der Waals surface area (Å²) in [5.41, 5.74) is 0.908. The molecule has 0 saturated carbocycles. The highest BCUT2D eigenvalue weighted by atomic mass is 16.5. The number of nitrogens with one attached hydrogen (secondary N) is 1. The number of carbonyl (C=O) groups is 2. The van der Waals surface area contributed by atoms with Crippen molar-refractivity contribution < 1.29 is 19.4 Å². The highest BCUT2D eigenvalue weighted by molar-refractivity contribution is 5.99. The highest BCUT2D eigenvalue weighted by Gasteiger charge is 2.14. The lowest BCUT2D eigenvalue weighted by Crippen LogP contribution is -2.11. The number of carbonyl (C=O) groups excluding carboxylic acids is 1. The lowest BCUT2D eigenvalue weighted by molar-refractivity contribution is 0.0602. The van der Waals surface area contributed by atoms with Gasteiger partial charge in [-0.3, -0.25) is 0 Å². The highest BCUT2D eigenvalue weighted by Crippen LogP contribution is 2.19. The Bertz CT molecular complexity index is 443. The fourth-order valence-electron chi connectivity index (χ4n) is 1.51. The number of anilines is 1. The number of rotatable bonds is 6. The fraction of sp³-hybridized carbons (Fsp3) is 0.385. The van der Waals surface area contributed by atoms with Gasteiger partial charge in [-0.25, -0.2) is 9.59 Å². The van der Waals surface area contributed by atoms with Gasteiger partial charge in [0.1, 0.15) is 0 Å². The Morgan fingerprint density at radius 2 is 2.11 bits per heavy atom. The van der Waals surface area contributed by atoms with Crippen molar-refractivity contribution in [3.05, 3.63) is 29.3 Å². The van der Waals surface area contributed by atoms with Gasteiger partial charge in [0.2, 0.25) is 0 Å². The largest absolute Gasteiger partial charge is 0.478 e. The van der Waals surface area contributed by atoms with Crippen molar-refractivity contribution in [3.63, 3.8) is 0 Å². The molecule has 0 aliphatic carbocycles. The number of ether oxygens (including phenoxy) is 1. The number of carboxylic acids is 1. The van der Waals surface area contributed by atoms with Gasteiger partial charge in [-0.05, 0) is 24.6 Å². The van der Waals surface area contributed by atoms with E-state index in [0.29, 0.717) is 5.69 Å². The normalized spacial score (nSPS) is 9.89. The molecule has 0 aliphatic heterocycles. The maximum Gasteiger partial charge on any atom is 0.339 e. The number of hydrogen-bond donors (Lipinski definition) is 2. The minimum absolute atomic E-state index is 0.0661. The van der Waals surface area contributed by atoms with Crippen LogP contribution in [0.4, 0.5) is 5.69 Å². The first-order valence-corrected chi connectivity index (χ1v) is 5.79. The molecule has 0 unspecified atom stereocenters. The quantitative estimate of drug-likeness (QED) is 0.599. The summed E-state index contributed by atoms with van der Waals surface area (Å²) in [6.45, 7) is 2.79. The third-order valence-corrected chi connectivity index (χ3v) is 2.52. The van der Waals surface area contributed by atoms with Crippen LogP contribution in [0.25, 0.3) is 0 Å². The Balaban J connectivity index is 3.01. The Hall–Kier alpha value is -2.04. The molecule has 0 aliphatic rings. The summed E-state index contributed by atoms with van der Waals surface area (Å²) in [4.78, 5) is 22.4. The molecule has 2 N–H and O–H groups in total. The molecular formula is C13H17NO4. The molecule has 0 bridgehead atoms. The Morgan fingerprint density at radius 1 is 1.39 bits per heavy atom. The van der Waals surface area contributed by atoms with Crippen LogP contribution in [0.2, 0.25) is 0 Å². The Labute approximate surface area is 106 Å². The van der Waals surface area contributed by atoms with E-state index in [1.165, 1.54) is 19.2 Å². The average molecular weight is 251 g/mol. The standard InChI is InChI=1S/C13H17NO4/c1-3-4-7-14-11-6-5-9(12(15)16)8-10(11)13(17)18-2/h5-6,8,14H,3-4,7H2,1-2H3,(H,15,16). The van der Waals surface area contributed by atoms with E-state index >= 15 is 0 Å². The first-order chi connectivity index (χ1) is 8.60. The van der Waals surface area contributed by atoms with Crippen LogP contribution in [-0.2, 0) is 4.74 Å². The number of benzene rings is 1. The molecule has 0 atom stereocenters. The average Bonchev–Trinajstić information content (AvgIpc) is 2.38. The predicted molar refractivity (Wildman–Crippen MR) is 68.1 cm³/mol. The van der Waals surface area contributed by atoms with Gasteiger partial charge in [-0.15, -0.1) is 0 Å². The van der Waals surface area contributed by atoms with Crippen molar-refractivity contribution in [1.82, 2.24) is 0 Å². The van der Waals surface area contributed by atoms with E-state index in [0.717, 1.165) is 19.4 Å². The monoisotopic (exact) mass is 251 g/mol. The van der Waals surface area contributed by atoms with Crippen molar-refractivity contribution in [2.45, 2.75) is 19.8 Å². The van der Waals surface area contributed by atoms with E-state index in [1.54, 1.807) is 6.07 Å². The van der Waals surface area contributed by atoms with Gasteiger partial charge in [-0.1, -0.05) is 13.3 Å². The maximum absolute atomic E-state index is 11.6. The zero-order valence-electron chi connectivity index (χ0n) is 10.5. The van der Waals surface area contributed by atoms with Gasteiger partial charge in [0.15, 0.2) is 0 Å². The molecule has 5 heteroatoms. The van der Waals surface area contributed by atoms with E-state index in [1.807, 2.05) is 0 Å². The van der Waals surface area contributed by atoms with E-state index < -0.39 is 11.9 Å². The summed E-state index contributed by atoms with van der Waals surface area (Å²) < 4.78 is 4.65. The van der Waals surface area contributed by atoms with Crippen LogP contribution in [0.1, 0.15) is 40.5 Å².